The summed E-state index contributed by atoms with van der Waals surface area (Å²) in [6.07, 6.45) is 8.09. The molecule has 2 aromatic rings. The molecule has 1 saturated carbocycles. The number of hydrogen-bond acceptors (Lipinski definition) is 4. The minimum Gasteiger partial charge on any atom is -0.353 e. The smallest absolute Gasteiger partial charge is 0.256 e. The van der Waals surface area contributed by atoms with E-state index in [9.17, 15) is 9.59 Å². The Labute approximate surface area is 164 Å². The Balaban J connectivity index is 1.56. The number of benzene rings is 1. The average molecular weight is 379 g/mol. The van der Waals surface area contributed by atoms with Gasteiger partial charge in [-0.05, 0) is 55.5 Å². The number of carbonyl (C=O) groups excluding carboxylic acids is 2. The van der Waals surface area contributed by atoms with Crippen molar-refractivity contribution in [1.29, 1.82) is 0 Å². The molecule has 6 heteroatoms. The summed E-state index contributed by atoms with van der Waals surface area (Å²) in [7, 11) is 0. The van der Waals surface area contributed by atoms with Gasteiger partial charge >= 0.3 is 0 Å². The van der Waals surface area contributed by atoms with Crippen LogP contribution in [0.25, 0.3) is 0 Å². The standard InChI is InChI=1S/C22H25N3O3/c26-20(24-15-17-9-13-23-14-10-17)19-16-28-22(11-5-2-6-12-22)25(19)21(27)18-7-3-1-4-8-18/h1,3-4,7-10,13-14,19H,2,5-6,11-12,15-16H2,(H,24,26)/t19-/m1/s1. The number of rotatable bonds is 4. The predicted octanol–water partition coefficient (Wildman–Crippen LogP) is 2.90. The average Bonchev–Trinajstić information content (AvgIpc) is 3.11. The number of nitrogens with zero attached hydrogens (tertiary/aromatic N) is 2. The van der Waals surface area contributed by atoms with Gasteiger partial charge in [-0.2, -0.15) is 0 Å². The van der Waals surface area contributed by atoms with Crippen LogP contribution in [0, 0.1) is 0 Å². The van der Waals surface area contributed by atoms with Crippen LogP contribution in [-0.2, 0) is 16.1 Å². The van der Waals surface area contributed by atoms with Crippen molar-refractivity contribution in [2.24, 2.45) is 0 Å². The maximum Gasteiger partial charge on any atom is 0.256 e. The van der Waals surface area contributed by atoms with Crippen LogP contribution in [0.15, 0.2) is 54.9 Å². The minimum atomic E-state index is -0.663. The molecule has 6 nitrogen and oxygen atoms in total. The molecule has 1 aliphatic carbocycles. The molecule has 2 amide bonds. The largest absolute Gasteiger partial charge is 0.353 e. The third-order valence-electron chi connectivity index (χ3n) is 5.65. The van der Waals surface area contributed by atoms with Crippen molar-refractivity contribution in [3.05, 3.63) is 66.0 Å². The Kier molecular flexibility index (Phi) is 5.39. The summed E-state index contributed by atoms with van der Waals surface area (Å²) in [5.41, 5.74) is 0.893. The van der Waals surface area contributed by atoms with Crippen LogP contribution in [0.2, 0.25) is 0 Å². The molecule has 1 spiro atoms. The maximum absolute atomic E-state index is 13.4. The molecule has 28 heavy (non-hydrogen) atoms. The van der Waals surface area contributed by atoms with Gasteiger partial charge in [0.1, 0.15) is 11.8 Å². The van der Waals surface area contributed by atoms with E-state index in [1.165, 1.54) is 0 Å². The van der Waals surface area contributed by atoms with Crippen LogP contribution in [0.3, 0.4) is 0 Å². The van der Waals surface area contributed by atoms with E-state index < -0.39 is 11.8 Å². The molecule has 1 aliphatic heterocycles. The highest BCUT2D eigenvalue weighted by atomic mass is 16.5. The Bertz CT molecular complexity index is 819. The first-order valence-corrected chi connectivity index (χ1v) is 9.89. The van der Waals surface area contributed by atoms with E-state index in [0.717, 1.165) is 37.7 Å². The van der Waals surface area contributed by atoms with Gasteiger partial charge in [-0.25, -0.2) is 0 Å². The molecular weight excluding hydrogens is 354 g/mol. The van der Waals surface area contributed by atoms with Gasteiger partial charge in [0, 0.05) is 24.5 Å². The van der Waals surface area contributed by atoms with Crippen LogP contribution >= 0.6 is 0 Å². The first-order valence-electron chi connectivity index (χ1n) is 9.89. The van der Waals surface area contributed by atoms with Crippen molar-refractivity contribution in [3.63, 3.8) is 0 Å². The van der Waals surface area contributed by atoms with E-state index in [2.05, 4.69) is 10.3 Å². The van der Waals surface area contributed by atoms with Gasteiger partial charge in [-0.3, -0.25) is 19.5 Å². The molecule has 1 aromatic carbocycles. The Morgan fingerprint density at radius 2 is 1.79 bits per heavy atom. The van der Waals surface area contributed by atoms with Crippen LogP contribution in [0.5, 0.6) is 0 Å². The lowest BCUT2D eigenvalue weighted by atomic mass is 9.89. The molecule has 146 valence electrons. The van der Waals surface area contributed by atoms with Gasteiger partial charge in [-0.1, -0.05) is 24.6 Å². The second-order valence-electron chi connectivity index (χ2n) is 7.45. The number of ether oxygens (including phenoxy) is 1. The van der Waals surface area contributed by atoms with Gasteiger partial charge < -0.3 is 10.1 Å². The lowest BCUT2D eigenvalue weighted by molar-refractivity contribution is -0.127. The molecule has 1 aromatic heterocycles. The van der Waals surface area contributed by atoms with Crippen molar-refractivity contribution < 1.29 is 14.3 Å². The fourth-order valence-corrected chi connectivity index (χ4v) is 4.20. The summed E-state index contributed by atoms with van der Waals surface area (Å²) >= 11 is 0. The second kappa shape index (κ2) is 8.10. The van der Waals surface area contributed by atoms with Crippen molar-refractivity contribution in [1.82, 2.24) is 15.2 Å². The monoisotopic (exact) mass is 379 g/mol. The lowest BCUT2D eigenvalue weighted by Crippen LogP contribution is -2.56. The van der Waals surface area contributed by atoms with E-state index in [0.29, 0.717) is 12.1 Å². The molecule has 2 aliphatic rings. The summed E-state index contributed by atoms with van der Waals surface area (Å²) in [6, 6.07) is 12.3. The summed E-state index contributed by atoms with van der Waals surface area (Å²) in [5.74, 6) is -0.312. The highest BCUT2D eigenvalue weighted by Crippen LogP contribution is 2.41. The molecule has 1 N–H and O–H groups in total. The highest BCUT2D eigenvalue weighted by Gasteiger charge is 2.52. The zero-order chi connectivity index (χ0) is 19.4. The fraction of sp³-hybridized carbons (Fsp3) is 0.409. The van der Waals surface area contributed by atoms with Crippen LogP contribution in [0.4, 0.5) is 0 Å². The topological polar surface area (TPSA) is 71.5 Å². The van der Waals surface area contributed by atoms with Crippen LogP contribution in [-0.4, -0.2) is 40.1 Å². The Morgan fingerprint density at radius 1 is 1.07 bits per heavy atom. The molecule has 0 unspecified atom stereocenters. The Morgan fingerprint density at radius 3 is 2.50 bits per heavy atom. The molecule has 2 fully saturated rings. The Hall–Kier alpha value is -2.73. The number of hydrogen-bond donors (Lipinski definition) is 1. The maximum atomic E-state index is 13.4. The number of pyridine rings is 1. The second-order valence-corrected chi connectivity index (χ2v) is 7.45. The normalized spacial score (nSPS) is 20.9. The summed E-state index contributed by atoms with van der Waals surface area (Å²) in [6.45, 7) is 0.638. The van der Waals surface area contributed by atoms with Crippen molar-refractivity contribution in [2.45, 2.75) is 50.4 Å². The van der Waals surface area contributed by atoms with E-state index in [1.54, 1.807) is 29.4 Å². The SMILES string of the molecule is O=C(NCc1ccncc1)[C@H]1COC2(CCCCC2)N1C(=O)c1ccccc1. The van der Waals surface area contributed by atoms with Gasteiger partial charge in [0.05, 0.1) is 6.61 Å². The van der Waals surface area contributed by atoms with E-state index in [-0.39, 0.29) is 18.4 Å². The lowest BCUT2D eigenvalue weighted by Gasteiger charge is -2.41. The quantitative estimate of drug-likeness (QED) is 0.887. The molecule has 1 atom stereocenters. The molecule has 0 radical (unpaired) electrons. The molecule has 1 saturated heterocycles. The van der Waals surface area contributed by atoms with E-state index in [4.69, 9.17) is 4.74 Å². The number of nitrogens with one attached hydrogen (secondary N) is 1. The molecule has 2 heterocycles. The highest BCUT2D eigenvalue weighted by molar-refractivity contribution is 5.98. The molecule has 4 rings (SSSR count). The first-order chi connectivity index (χ1) is 13.7. The van der Waals surface area contributed by atoms with Crippen molar-refractivity contribution in [2.75, 3.05) is 6.61 Å². The first kappa shape index (κ1) is 18.6. The van der Waals surface area contributed by atoms with Crippen molar-refractivity contribution in [3.8, 4) is 0 Å². The zero-order valence-corrected chi connectivity index (χ0v) is 15.8. The fourth-order valence-electron chi connectivity index (χ4n) is 4.20. The van der Waals surface area contributed by atoms with Gasteiger partial charge in [0.15, 0.2) is 0 Å². The summed E-state index contributed by atoms with van der Waals surface area (Å²) in [5, 5.41) is 2.96. The number of amides is 2. The number of aromatic nitrogens is 1. The number of carbonyl (C=O) groups is 2. The molecule has 0 bridgehead atoms. The van der Waals surface area contributed by atoms with Gasteiger partial charge in [-0.15, -0.1) is 0 Å². The van der Waals surface area contributed by atoms with E-state index in [1.807, 2.05) is 30.3 Å². The zero-order valence-electron chi connectivity index (χ0n) is 15.8. The third kappa shape index (κ3) is 3.64. The third-order valence-corrected chi connectivity index (χ3v) is 5.65. The van der Waals surface area contributed by atoms with Crippen molar-refractivity contribution >= 4 is 11.8 Å². The molecular formula is C22H25N3O3. The van der Waals surface area contributed by atoms with Gasteiger partial charge in [0.2, 0.25) is 5.91 Å². The summed E-state index contributed by atoms with van der Waals surface area (Å²) < 4.78 is 6.16. The summed E-state index contributed by atoms with van der Waals surface area (Å²) in [4.78, 5) is 32.1. The van der Waals surface area contributed by atoms with Gasteiger partial charge in [0.25, 0.3) is 5.91 Å². The van der Waals surface area contributed by atoms with Crippen LogP contribution < -0.4 is 5.32 Å². The predicted molar refractivity (Wildman–Crippen MR) is 104 cm³/mol. The minimum absolute atomic E-state index is 0.135. The van der Waals surface area contributed by atoms with E-state index >= 15 is 0 Å². The van der Waals surface area contributed by atoms with Crippen LogP contribution in [0.1, 0.15) is 48.0 Å².